The molecule has 1 aliphatic heterocycles. The van der Waals surface area contributed by atoms with E-state index in [4.69, 9.17) is 9.15 Å². The maximum Gasteiger partial charge on any atom is 0.271 e. The summed E-state index contributed by atoms with van der Waals surface area (Å²) in [6.07, 6.45) is 4.87. The van der Waals surface area contributed by atoms with Crippen LogP contribution in [-0.2, 0) is 17.9 Å². The lowest BCUT2D eigenvalue weighted by atomic mass is 9.77. The van der Waals surface area contributed by atoms with Crippen molar-refractivity contribution in [2.75, 3.05) is 7.11 Å². The van der Waals surface area contributed by atoms with E-state index in [2.05, 4.69) is 19.2 Å². The molecule has 0 spiro atoms. The van der Waals surface area contributed by atoms with Crippen molar-refractivity contribution in [2.45, 2.75) is 64.7 Å². The third-order valence-electron chi connectivity index (χ3n) is 8.29. The largest absolute Gasteiger partial charge is 0.497 e. The standard InChI is InChI=1S/C29H35N3O4/c1-19-7-5-8-23(20(19)2)30-28(34)29(3)18-31-24(26-9-6-16-36-26)14-15-25(31)27(33)32(29)17-21-10-12-22(35-4)13-11-21/h6,9-16,19-20,23H,5,7-8,17-18H2,1-4H3,(H,30,34)/t19-,20+,23-,29-/m1/s1. The quantitative estimate of drug-likeness (QED) is 0.522. The van der Waals surface area contributed by atoms with Crippen LogP contribution in [0, 0.1) is 11.8 Å². The van der Waals surface area contributed by atoms with E-state index in [1.54, 1.807) is 18.3 Å². The summed E-state index contributed by atoms with van der Waals surface area (Å²) < 4.78 is 12.9. The number of furan rings is 1. The predicted molar refractivity (Wildman–Crippen MR) is 138 cm³/mol. The molecule has 2 amide bonds. The molecule has 7 nitrogen and oxygen atoms in total. The fraction of sp³-hybridized carbons (Fsp3) is 0.448. The number of hydrogen-bond donors (Lipinski definition) is 1. The lowest BCUT2D eigenvalue weighted by molar-refractivity contribution is -0.134. The van der Waals surface area contributed by atoms with E-state index in [-0.39, 0.29) is 17.9 Å². The smallest absolute Gasteiger partial charge is 0.271 e. The van der Waals surface area contributed by atoms with Gasteiger partial charge in [0.2, 0.25) is 5.91 Å². The molecule has 1 aromatic carbocycles. The fourth-order valence-electron chi connectivity index (χ4n) is 5.68. The Bertz CT molecular complexity index is 1230. The van der Waals surface area contributed by atoms with Gasteiger partial charge in [-0.25, -0.2) is 0 Å². The highest BCUT2D eigenvalue weighted by molar-refractivity contribution is 6.00. The molecule has 0 bridgehead atoms. The van der Waals surface area contributed by atoms with Crippen molar-refractivity contribution >= 4 is 11.8 Å². The summed E-state index contributed by atoms with van der Waals surface area (Å²) in [5.74, 6) is 2.10. The van der Waals surface area contributed by atoms with Gasteiger partial charge in [-0.3, -0.25) is 9.59 Å². The van der Waals surface area contributed by atoms with Gasteiger partial charge in [-0.15, -0.1) is 0 Å². The summed E-state index contributed by atoms with van der Waals surface area (Å²) in [5, 5.41) is 3.35. The predicted octanol–water partition coefficient (Wildman–Crippen LogP) is 5.11. The highest BCUT2D eigenvalue weighted by atomic mass is 16.5. The lowest BCUT2D eigenvalue weighted by Crippen LogP contribution is -2.65. The van der Waals surface area contributed by atoms with Crippen LogP contribution in [0.25, 0.3) is 11.5 Å². The van der Waals surface area contributed by atoms with E-state index in [1.807, 2.05) is 60.0 Å². The first-order chi connectivity index (χ1) is 17.3. The van der Waals surface area contributed by atoms with Crippen LogP contribution in [0.1, 0.15) is 56.1 Å². The van der Waals surface area contributed by atoms with Crippen LogP contribution in [0.2, 0.25) is 0 Å². The normalized spacial score (nSPS) is 25.9. The molecular weight excluding hydrogens is 454 g/mol. The molecule has 7 heteroatoms. The molecule has 1 N–H and O–H groups in total. The van der Waals surface area contributed by atoms with Crippen LogP contribution in [0.3, 0.4) is 0 Å². The van der Waals surface area contributed by atoms with Crippen molar-refractivity contribution < 1.29 is 18.7 Å². The van der Waals surface area contributed by atoms with E-state index in [9.17, 15) is 9.59 Å². The maximum atomic E-state index is 14.1. The summed E-state index contributed by atoms with van der Waals surface area (Å²) in [6.45, 7) is 7.03. The van der Waals surface area contributed by atoms with Gasteiger partial charge in [0.25, 0.3) is 5.91 Å². The Labute approximate surface area is 212 Å². The zero-order valence-corrected chi connectivity index (χ0v) is 21.5. The Balaban J connectivity index is 1.51. The third-order valence-corrected chi connectivity index (χ3v) is 8.29. The number of ether oxygens (including phenoxy) is 1. The van der Waals surface area contributed by atoms with Gasteiger partial charge in [0.1, 0.15) is 22.7 Å². The van der Waals surface area contributed by atoms with E-state index in [1.165, 1.54) is 6.42 Å². The number of methoxy groups -OCH3 is 1. The first-order valence-corrected chi connectivity index (χ1v) is 12.8. The molecule has 0 unspecified atom stereocenters. The second-order valence-corrected chi connectivity index (χ2v) is 10.5. The summed E-state index contributed by atoms with van der Waals surface area (Å²) in [7, 11) is 1.63. The van der Waals surface area contributed by atoms with Crippen LogP contribution in [0.4, 0.5) is 0 Å². The molecule has 2 aromatic heterocycles. The van der Waals surface area contributed by atoms with Gasteiger partial charge in [-0.2, -0.15) is 0 Å². The van der Waals surface area contributed by atoms with E-state index < -0.39 is 5.54 Å². The third kappa shape index (κ3) is 4.21. The minimum Gasteiger partial charge on any atom is -0.497 e. The average molecular weight is 490 g/mol. The minimum atomic E-state index is -1.08. The molecule has 0 radical (unpaired) electrons. The summed E-state index contributed by atoms with van der Waals surface area (Å²) in [5.41, 5.74) is 1.21. The van der Waals surface area contributed by atoms with Gasteiger partial charge < -0.3 is 23.9 Å². The van der Waals surface area contributed by atoms with Crippen LogP contribution < -0.4 is 10.1 Å². The molecule has 5 rings (SSSR count). The Kier molecular flexibility index (Phi) is 6.41. The second kappa shape index (κ2) is 9.52. The number of rotatable bonds is 6. The highest BCUT2D eigenvalue weighted by Gasteiger charge is 2.48. The molecule has 2 aliphatic rings. The zero-order chi connectivity index (χ0) is 25.4. The van der Waals surface area contributed by atoms with Crippen LogP contribution in [0.15, 0.2) is 59.2 Å². The van der Waals surface area contributed by atoms with Crippen LogP contribution >= 0.6 is 0 Å². The molecule has 1 aliphatic carbocycles. The number of nitrogens with one attached hydrogen (secondary N) is 1. The number of benzene rings is 1. The number of hydrogen-bond acceptors (Lipinski definition) is 4. The Morgan fingerprint density at radius 3 is 2.56 bits per heavy atom. The number of nitrogens with zero attached hydrogens (tertiary/aromatic N) is 2. The maximum absolute atomic E-state index is 14.1. The van der Waals surface area contributed by atoms with E-state index in [0.717, 1.165) is 29.8 Å². The monoisotopic (exact) mass is 489 g/mol. The van der Waals surface area contributed by atoms with Crippen molar-refractivity contribution in [3.05, 3.63) is 66.1 Å². The van der Waals surface area contributed by atoms with Crippen molar-refractivity contribution in [1.82, 2.24) is 14.8 Å². The fourth-order valence-corrected chi connectivity index (χ4v) is 5.68. The number of amides is 2. The van der Waals surface area contributed by atoms with Crippen molar-refractivity contribution in [1.29, 1.82) is 0 Å². The minimum absolute atomic E-state index is 0.103. The Hall–Kier alpha value is -3.48. The van der Waals surface area contributed by atoms with Gasteiger partial charge in [0, 0.05) is 12.6 Å². The molecule has 3 heterocycles. The van der Waals surface area contributed by atoms with Crippen LogP contribution in [-0.4, -0.2) is 40.0 Å². The molecule has 4 atom stereocenters. The summed E-state index contributed by atoms with van der Waals surface area (Å²) in [4.78, 5) is 29.7. The highest BCUT2D eigenvalue weighted by Crippen LogP contribution is 2.36. The molecule has 3 aromatic rings. The number of fused-ring (bicyclic) bond motifs is 1. The lowest BCUT2D eigenvalue weighted by Gasteiger charge is -2.46. The van der Waals surface area contributed by atoms with Gasteiger partial charge in [-0.05, 0) is 67.1 Å². The first kappa shape index (κ1) is 24.2. The van der Waals surface area contributed by atoms with E-state index in [0.29, 0.717) is 36.4 Å². The Morgan fingerprint density at radius 1 is 1.11 bits per heavy atom. The van der Waals surface area contributed by atoms with Crippen molar-refractivity contribution in [3.63, 3.8) is 0 Å². The SMILES string of the molecule is COc1ccc(CN2C(=O)c3ccc(-c4ccco4)n3C[C@]2(C)C(=O)N[C@@H]2CCC[C@@H](C)[C@@H]2C)cc1. The number of carbonyl (C=O) groups excluding carboxylic acids is 2. The molecule has 0 saturated heterocycles. The second-order valence-electron chi connectivity index (χ2n) is 10.5. The van der Waals surface area contributed by atoms with Crippen molar-refractivity contribution in [3.8, 4) is 17.2 Å². The van der Waals surface area contributed by atoms with Gasteiger partial charge >= 0.3 is 0 Å². The molecular formula is C29H35N3O4. The molecule has 1 fully saturated rings. The number of aromatic nitrogens is 1. The first-order valence-electron chi connectivity index (χ1n) is 12.8. The average Bonchev–Trinajstić information content (AvgIpc) is 3.55. The van der Waals surface area contributed by atoms with Crippen molar-refractivity contribution in [2.24, 2.45) is 11.8 Å². The zero-order valence-electron chi connectivity index (χ0n) is 21.5. The molecule has 36 heavy (non-hydrogen) atoms. The van der Waals surface area contributed by atoms with Crippen LogP contribution in [0.5, 0.6) is 5.75 Å². The summed E-state index contributed by atoms with van der Waals surface area (Å²) >= 11 is 0. The topological polar surface area (TPSA) is 76.7 Å². The van der Waals surface area contributed by atoms with Gasteiger partial charge in [-0.1, -0.05) is 38.8 Å². The number of carbonyl (C=O) groups is 2. The molecule has 190 valence electrons. The Morgan fingerprint density at radius 2 is 1.86 bits per heavy atom. The van der Waals surface area contributed by atoms with Gasteiger partial charge in [0.15, 0.2) is 0 Å². The van der Waals surface area contributed by atoms with E-state index >= 15 is 0 Å². The molecule has 1 saturated carbocycles. The summed E-state index contributed by atoms with van der Waals surface area (Å²) in [6, 6.07) is 15.2. The van der Waals surface area contributed by atoms with Gasteiger partial charge in [0.05, 0.1) is 25.6 Å².